The van der Waals surface area contributed by atoms with E-state index in [9.17, 15) is 19.5 Å². The standard InChI is InChI=1S/C29H16O8/c1-13-10-11-19-16(12-13)24(30)21(27(31)36-19)20-22-25(14-6-2-4-8-17(14)34-28(22)32)37-26-15-7-3-5-9-18(15)35-29(33)23(20)26/h2-12,20,30H,1H3. The van der Waals surface area contributed by atoms with Crippen LogP contribution in [-0.4, -0.2) is 5.11 Å². The van der Waals surface area contributed by atoms with Crippen LogP contribution in [0.5, 0.6) is 17.2 Å². The highest BCUT2D eigenvalue weighted by molar-refractivity contribution is 5.92. The van der Waals surface area contributed by atoms with Gasteiger partial charge in [-0.2, -0.15) is 0 Å². The van der Waals surface area contributed by atoms with E-state index >= 15 is 0 Å². The monoisotopic (exact) mass is 492 g/mol. The maximum absolute atomic E-state index is 13.4. The number of fused-ring (bicyclic) bond motifs is 7. The molecule has 37 heavy (non-hydrogen) atoms. The zero-order valence-electron chi connectivity index (χ0n) is 19.2. The van der Waals surface area contributed by atoms with Crippen molar-refractivity contribution in [3.8, 4) is 17.2 Å². The highest BCUT2D eigenvalue weighted by atomic mass is 16.5. The predicted octanol–water partition coefficient (Wildman–Crippen LogP) is 5.31. The van der Waals surface area contributed by atoms with E-state index in [0.29, 0.717) is 10.8 Å². The van der Waals surface area contributed by atoms with E-state index in [4.69, 9.17) is 18.0 Å². The van der Waals surface area contributed by atoms with Crippen molar-refractivity contribution in [1.29, 1.82) is 0 Å². The molecule has 8 nitrogen and oxygen atoms in total. The van der Waals surface area contributed by atoms with E-state index in [-0.39, 0.29) is 50.3 Å². The minimum atomic E-state index is -1.37. The fraction of sp³-hybridized carbons (Fsp3) is 0.0690. The molecule has 7 rings (SSSR count). The van der Waals surface area contributed by atoms with Crippen molar-refractivity contribution in [1.82, 2.24) is 0 Å². The van der Waals surface area contributed by atoms with Gasteiger partial charge in [0, 0.05) is 0 Å². The second kappa shape index (κ2) is 7.44. The third-order valence-electron chi connectivity index (χ3n) is 6.74. The van der Waals surface area contributed by atoms with E-state index in [1.165, 1.54) is 0 Å². The lowest BCUT2D eigenvalue weighted by atomic mass is 9.83. The Morgan fingerprint density at radius 3 is 1.68 bits per heavy atom. The maximum Gasteiger partial charge on any atom is 0.344 e. The first kappa shape index (κ1) is 21.2. The maximum atomic E-state index is 13.4. The molecule has 1 aliphatic rings. The number of ether oxygens (including phenoxy) is 1. The molecule has 1 aliphatic heterocycles. The molecule has 3 aromatic carbocycles. The molecule has 0 saturated heterocycles. The number of aromatic hydroxyl groups is 1. The summed E-state index contributed by atoms with van der Waals surface area (Å²) in [5.41, 5.74) is -1.53. The van der Waals surface area contributed by atoms with E-state index < -0.39 is 28.5 Å². The van der Waals surface area contributed by atoms with Gasteiger partial charge in [-0.25, -0.2) is 14.4 Å². The highest BCUT2D eigenvalue weighted by Crippen LogP contribution is 2.50. The number of hydrogen-bond donors (Lipinski definition) is 1. The zero-order valence-corrected chi connectivity index (χ0v) is 19.2. The van der Waals surface area contributed by atoms with Gasteiger partial charge in [-0.3, -0.25) is 0 Å². The van der Waals surface area contributed by atoms with Crippen LogP contribution in [-0.2, 0) is 0 Å². The first-order valence-electron chi connectivity index (χ1n) is 11.5. The van der Waals surface area contributed by atoms with Crippen LogP contribution in [0.15, 0.2) is 94.4 Å². The molecule has 0 amide bonds. The predicted molar refractivity (Wildman–Crippen MR) is 135 cm³/mol. The van der Waals surface area contributed by atoms with Crippen molar-refractivity contribution in [2.45, 2.75) is 12.8 Å². The van der Waals surface area contributed by atoms with Crippen molar-refractivity contribution in [3.63, 3.8) is 0 Å². The second-order valence-corrected chi connectivity index (χ2v) is 8.94. The van der Waals surface area contributed by atoms with Crippen LogP contribution in [0.2, 0.25) is 0 Å². The minimum absolute atomic E-state index is 0.108. The van der Waals surface area contributed by atoms with E-state index in [1.54, 1.807) is 66.7 Å². The molecule has 0 radical (unpaired) electrons. The van der Waals surface area contributed by atoms with Crippen LogP contribution in [0.1, 0.15) is 28.2 Å². The average Bonchev–Trinajstić information content (AvgIpc) is 2.89. The Morgan fingerprint density at radius 1 is 0.622 bits per heavy atom. The van der Waals surface area contributed by atoms with Gasteiger partial charge in [-0.05, 0) is 43.3 Å². The van der Waals surface area contributed by atoms with Crippen LogP contribution in [0.25, 0.3) is 32.9 Å². The summed E-state index contributed by atoms with van der Waals surface area (Å²) in [6, 6.07) is 18.5. The fourth-order valence-corrected chi connectivity index (χ4v) is 5.09. The van der Waals surface area contributed by atoms with Gasteiger partial charge in [0.1, 0.15) is 34.0 Å². The third kappa shape index (κ3) is 2.92. The number of benzene rings is 3. The number of para-hydroxylation sites is 2. The summed E-state index contributed by atoms with van der Waals surface area (Å²) in [6.45, 7) is 1.82. The van der Waals surface area contributed by atoms with Crippen molar-refractivity contribution in [2.75, 3.05) is 0 Å². The topological polar surface area (TPSA) is 120 Å². The summed E-state index contributed by atoms with van der Waals surface area (Å²) in [5.74, 6) is -1.52. The molecule has 0 fully saturated rings. The Hall–Kier alpha value is -5.11. The van der Waals surface area contributed by atoms with Crippen LogP contribution < -0.4 is 21.6 Å². The van der Waals surface area contributed by atoms with Gasteiger partial charge in [0.15, 0.2) is 0 Å². The van der Waals surface area contributed by atoms with Crippen molar-refractivity contribution >= 4 is 32.9 Å². The molecule has 6 aromatic rings. The quantitative estimate of drug-likeness (QED) is 0.306. The van der Waals surface area contributed by atoms with Crippen molar-refractivity contribution < 1.29 is 23.1 Å². The van der Waals surface area contributed by atoms with Crippen LogP contribution >= 0.6 is 0 Å². The zero-order chi connectivity index (χ0) is 25.4. The molecule has 1 N–H and O–H groups in total. The van der Waals surface area contributed by atoms with E-state index in [0.717, 1.165) is 5.56 Å². The van der Waals surface area contributed by atoms with Gasteiger partial charge < -0.3 is 23.1 Å². The molecule has 0 saturated carbocycles. The van der Waals surface area contributed by atoms with Crippen LogP contribution in [0.4, 0.5) is 0 Å². The number of aryl methyl sites for hydroxylation is 1. The lowest BCUT2D eigenvalue weighted by Gasteiger charge is -2.27. The molecule has 4 heterocycles. The van der Waals surface area contributed by atoms with Gasteiger partial charge in [0.25, 0.3) is 0 Å². The molecule has 3 aromatic heterocycles. The van der Waals surface area contributed by atoms with Gasteiger partial charge >= 0.3 is 16.9 Å². The normalized spacial score (nSPS) is 13.0. The largest absolute Gasteiger partial charge is 0.507 e. The Balaban J connectivity index is 1.69. The highest BCUT2D eigenvalue weighted by Gasteiger charge is 2.41. The first-order valence-corrected chi connectivity index (χ1v) is 11.5. The van der Waals surface area contributed by atoms with Gasteiger partial charge in [-0.1, -0.05) is 35.9 Å². The molecular weight excluding hydrogens is 476 g/mol. The number of rotatable bonds is 1. The van der Waals surface area contributed by atoms with E-state index in [1.807, 2.05) is 6.92 Å². The lowest BCUT2D eigenvalue weighted by Crippen LogP contribution is -2.29. The molecule has 180 valence electrons. The second-order valence-electron chi connectivity index (χ2n) is 8.94. The molecular formula is C29H16O8. The third-order valence-corrected chi connectivity index (χ3v) is 6.74. The Kier molecular flexibility index (Phi) is 4.26. The van der Waals surface area contributed by atoms with E-state index in [2.05, 4.69) is 0 Å². The lowest BCUT2D eigenvalue weighted by molar-refractivity contribution is 0.416. The molecule has 8 heteroatoms. The summed E-state index contributed by atoms with van der Waals surface area (Å²) in [7, 11) is 0. The minimum Gasteiger partial charge on any atom is -0.507 e. The Morgan fingerprint density at radius 2 is 1.11 bits per heavy atom. The van der Waals surface area contributed by atoms with Crippen LogP contribution in [0, 0.1) is 6.92 Å². The summed E-state index contributed by atoms with van der Waals surface area (Å²) in [4.78, 5) is 40.2. The van der Waals surface area contributed by atoms with Crippen LogP contribution in [0.3, 0.4) is 0 Å². The fourth-order valence-electron chi connectivity index (χ4n) is 5.09. The van der Waals surface area contributed by atoms with Crippen molar-refractivity contribution in [2.24, 2.45) is 0 Å². The SMILES string of the molecule is Cc1ccc2oc(=O)c(C3c4c(c5ccccc5oc4=O)Oc4c3c(=O)oc3ccccc43)c(O)c2c1. The van der Waals surface area contributed by atoms with Gasteiger partial charge in [-0.15, -0.1) is 0 Å². The summed E-state index contributed by atoms with van der Waals surface area (Å²) >= 11 is 0. The van der Waals surface area contributed by atoms with Crippen molar-refractivity contribution in [3.05, 3.63) is 120 Å². The molecule has 0 spiro atoms. The summed E-state index contributed by atoms with van der Waals surface area (Å²) in [5, 5.41) is 12.6. The summed E-state index contributed by atoms with van der Waals surface area (Å²) < 4.78 is 22.9. The molecule has 0 atom stereocenters. The Labute approximate surface area is 206 Å². The van der Waals surface area contributed by atoms with Gasteiger partial charge in [0.2, 0.25) is 0 Å². The number of hydrogen-bond acceptors (Lipinski definition) is 8. The molecule has 0 aliphatic carbocycles. The summed E-state index contributed by atoms with van der Waals surface area (Å²) in [6.07, 6.45) is 0. The van der Waals surface area contributed by atoms with Gasteiger partial charge in [0.05, 0.1) is 38.8 Å². The smallest absolute Gasteiger partial charge is 0.344 e. The molecule has 0 unspecified atom stereocenters. The average molecular weight is 492 g/mol. The molecule has 0 bridgehead atoms. The first-order chi connectivity index (χ1) is 17.9. The Bertz CT molecular complexity index is 2010.